The average Bonchev–Trinajstić information content (AvgIpc) is 2.82. The highest BCUT2D eigenvalue weighted by Crippen LogP contribution is 2.30. The molecule has 1 fully saturated rings. The highest BCUT2D eigenvalue weighted by Gasteiger charge is 2.34. The van der Waals surface area contributed by atoms with E-state index in [2.05, 4.69) is 0 Å². The highest BCUT2D eigenvalue weighted by molar-refractivity contribution is 5.77. The van der Waals surface area contributed by atoms with Gasteiger partial charge in [-0.2, -0.15) is 0 Å². The molecule has 0 saturated heterocycles. The minimum Gasteiger partial charge on any atom is -0.481 e. The molecular formula is C9H14O4. The van der Waals surface area contributed by atoms with Gasteiger partial charge in [-0.05, 0) is 26.7 Å². The number of hydrogen-bond acceptors (Lipinski definition) is 3. The Labute approximate surface area is 76.9 Å². The van der Waals surface area contributed by atoms with Crippen LogP contribution in [0.1, 0.15) is 26.7 Å². The van der Waals surface area contributed by atoms with Crippen molar-refractivity contribution in [3.8, 4) is 0 Å². The summed E-state index contributed by atoms with van der Waals surface area (Å²) in [5.41, 5.74) is -0.982. The van der Waals surface area contributed by atoms with Crippen LogP contribution in [0.5, 0.6) is 0 Å². The third kappa shape index (κ3) is 2.72. The van der Waals surface area contributed by atoms with E-state index in [1.165, 1.54) is 13.8 Å². The molecule has 1 aliphatic rings. The predicted molar refractivity (Wildman–Crippen MR) is 45.1 cm³/mol. The molecule has 0 spiro atoms. The standard InChI is InChI=1S/C9H14O4/c1-9(2,8(11)12)5-13-7(10)6-3-4-6/h6H,3-5H2,1-2H3,(H,11,12). The van der Waals surface area contributed by atoms with Gasteiger partial charge in [0.25, 0.3) is 0 Å². The lowest BCUT2D eigenvalue weighted by atomic mass is 9.95. The molecule has 0 amide bonds. The van der Waals surface area contributed by atoms with Crippen molar-refractivity contribution in [3.05, 3.63) is 0 Å². The van der Waals surface area contributed by atoms with Crippen molar-refractivity contribution < 1.29 is 19.4 Å². The van der Waals surface area contributed by atoms with E-state index in [9.17, 15) is 9.59 Å². The van der Waals surface area contributed by atoms with Crippen molar-refractivity contribution in [2.24, 2.45) is 11.3 Å². The van der Waals surface area contributed by atoms with Crippen LogP contribution in [-0.4, -0.2) is 23.7 Å². The van der Waals surface area contributed by atoms with Gasteiger partial charge in [0.1, 0.15) is 6.61 Å². The second-order valence-corrected chi connectivity index (χ2v) is 4.07. The van der Waals surface area contributed by atoms with Gasteiger partial charge in [-0.15, -0.1) is 0 Å². The number of esters is 1. The van der Waals surface area contributed by atoms with Crippen LogP contribution < -0.4 is 0 Å². The number of carbonyl (C=O) groups excluding carboxylic acids is 1. The molecule has 1 N–H and O–H groups in total. The summed E-state index contributed by atoms with van der Waals surface area (Å²) < 4.78 is 4.87. The number of carboxylic acids is 1. The van der Waals surface area contributed by atoms with E-state index in [-0.39, 0.29) is 18.5 Å². The molecule has 4 nitrogen and oxygen atoms in total. The topological polar surface area (TPSA) is 63.6 Å². The Morgan fingerprint density at radius 3 is 2.38 bits per heavy atom. The molecular weight excluding hydrogens is 172 g/mol. The Balaban J connectivity index is 2.31. The summed E-state index contributed by atoms with van der Waals surface area (Å²) in [4.78, 5) is 21.7. The molecule has 0 bridgehead atoms. The molecule has 13 heavy (non-hydrogen) atoms. The quantitative estimate of drug-likeness (QED) is 0.666. The summed E-state index contributed by atoms with van der Waals surface area (Å²) in [6.45, 7) is 3.03. The first kappa shape index (κ1) is 10.0. The van der Waals surface area contributed by atoms with Gasteiger partial charge in [0.2, 0.25) is 0 Å². The minimum atomic E-state index is -0.982. The van der Waals surface area contributed by atoms with Crippen LogP contribution in [0.15, 0.2) is 0 Å². The Hall–Kier alpha value is -1.06. The van der Waals surface area contributed by atoms with Crippen molar-refractivity contribution in [1.29, 1.82) is 0 Å². The fourth-order valence-electron chi connectivity index (χ4n) is 0.750. The van der Waals surface area contributed by atoms with Gasteiger partial charge in [-0.3, -0.25) is 9.59 Å². The number of carbonyl (C=O) groups is 2. The molecule has 0 aromatic carbocycles. The molecule has 0 unspecified atom stereocenters. The molecule has 0 aromatic heterocycles. The van der Waals surface area contributed by atoms with Gasteiger partial charge in [0.15, 0.2) is 0 Å². The van der Waals surface area contributed by atoms with E-state index in [0.29, 0.717) is 0 Å². The first-order chi connectivity index (χ1) is 5.93. The van der Waals surface area contributed by atoms with Crippen molar-refractivity contribution >= 4 is 11.9 Å². The van der Waals surface area contributed by atoms with Crippen molar-refractivity contribution in [2.45, 2.75) is 26.7 Å². The van der Waals surface area contributed by atoms with Crippen LogP contribution in [0.25, 0.3) is 0 Å². The molecule has 1 rings (SSSR count). The highest BCUT2D eigenvalue weighted by atomic mass is 16.5. The van der Waals surface area contributed by atoms with E-state index >= 15 is 0 Å². The monoisotopic (exact) mass is 186 g/mol. The number of aliphatic carboxylic acids is 1. The SMILES string of the molecule is CC(C)(COC(=O)C1CC1)C(=O)O. The fourth-order valence-corrected chi connectivity index (χ4v) is 0.750. The summed E-state index contributed by atoms with van der Waals surface area (Å²) in [6, 6.07) is 0. The lowest BCUT2D eigenvalue weighted by Gasteiger charge is -2.18. The normalized spacial score (nSPS) is 16.8. The van der Waals surface area contributed by atoms with Crippen LogP contribution >= 0.6 is 0 Å². The Morgan fingerprint density at radius 2 is 2.00 bits per heavy atom. The zero-order valence-electron chi connectivity index (χ0n) is 7.87. The molecule has 1 aliphatic carbocycles. The number of hydrogen-bond donors (Lipinski definition) is 1. The maximum Gasteiger partial charge on any atom is 0.312 e. The Bertz CT molecular complexity index is 228. The van der Waals surface area contributed by atoms with E-state index in [1.807, 2.05) is 0 Å². The second kappa shape index (κ2) is 3.36. The molecule has 1 saturated carbocycles. The second-order valence-electron chi connectivity index (χ2n) is 4.07. The van der Waals surface area contributed by atoms with Crippen LogP contribution in [0, 0.1) is 11.3 Å². The van der Waals surface area contributed by atoms with E-state index in [0.717, 1.165) is 12.8 Å². The maximum atomic E-state index is 11.1. The first-order valence-corrected chi connectivity index (χ1v) is 4.33. The third-order valence-corrected chi connectivity index (χ3v) is 2.06. The molecule has 0 aliphatic heterocycles. The molecule has 4 heteroatoms. The smallest absolute Gasteiger partial charge is 0.312 e. The lowest BCUT2D eigenvalue weighted by Crippen LogP contribution is -2.30. The molecule has 0 aromatic rings. The van der Waals surface area contributed by atoms with Crippen molar-refractivity contribution in [2.75, 3.05) is 6.61 Å². The lowest BCUT2D eigenvalue weighted by molar-refractivity contribution is -0.157. The largest absolute Gasteiger partial charge is 0.481 e. The molecule has 0 atom stereocenters. The van der Waals surface area contributed by atoms with Crippen LogP contribution in [0.2, 0.25) is 0 Å². The number of rotatable bonds is 4. The fraction of sp³-hybridized carbons (Fsp3) is 0.778. The zero-order valence-corrected chi connectivity index (χ0v) is 7.87. The Morgan fingerprint density at radius 1 is 1.46 bits per heavy atom. The average molecular weight is 186 g/mol. The van der Waals surface area contributed by atoms with Gasteiger partial charge in [-0.25, -0.2) is 0 Å². The van der Waals surface area contributed by atoms with E-state index in [4.69, 9.17) is 9.84 Å². The van der Waals surface area contributed by atoms with Gasteiger partial charge in [0, 0.05) is 0 Å². The van der Waals surface area contributed by atoms with Gasteiger partial charge in [-0.1, -0.05) is 0 Å². The summed E-state index contributed by atoms with van der Waals surface area (Å²) in [5, 5.41) is 8.72. The van der Waals surface area contributed by atoms with Crippen LogP contribution in [0.4, 0.5) is 0 Å². The van der Waals surface area contributed by atoms with E-state index < -0.39 is 11.4 Å². The minimum absolute atomic E-state index is 0.0320. The van der Waals surface area contributed by atoms with Crippen molar-refractivity contribution in [3.63, 3.8) is 0 Å². The molecule has 0 radical (unpaired) electrons. The van der Waals surface area contributed by atoms with Crippen molar-refractivity contribution in [1.82, 2.24) is 0 Å². The first-order valence-electron chi connectivity index (χ1n) is 4.33. The zero-order chi connectivity index (χ0) is 10.1. The van der Waals surface area contributed by atoms with Crippen LogP contribution in [-0.2, 0) is 14.3 Å². The van der Waals surface area contributed by atoms with Crippen LogP contribution in [0.3, 0.4) is 0 Å². The third-order valence-electron chi connectivity index (χ3n) is 2.06. The summed E-state index contributed by atoms with van der Waals surface area (Å²) >= 11 is 0. The van der Waals surface area contributed by atoms with E-state index in [1.54, 1.807) is 0 Å². The molecule has 0 heterocycles. The number of carboxylic acid groups (broad SMARTS) is 1. The van der Waals surface area contributed by atoms with Gasteiger partial charge < -0.3 is 9.84 Å². The maximum absolute atomic E-state index is 11.1. The predicted octanol–water partition coefficient (Wildman–Crippen LogP) is 1.05. The summed E-state index contributed by atoms with van der Waals surface area (Å²) in [7, 11) is 0. The van der Waals surface area contributed by atoms with Gasteiger partial charge >= 0.3 is 11.9 Å². The number of ether oxygens (including phenoxy) is 1. The Kier molecular flexibility index (Phi) is 2.59. The summed E-state index contributed by atoms with van der Waals surface area (Å²) in [6.07, 6.45) is 1.76. The molecule has 74 valence electrons. The van der Waals surface area contributed by atoms with Gasteiger partial charge in [0.05, 0.1) is 11.3 Å². The summed E-state index contributed by atoms with van der Waals surface area (Å²) in [5.74, 6) is -1.17.